The van der Waals surface area contributed by atoms with Crippen LogP contribution in [0.4, 0.5) is 0 Å². The number of rotatable bonds is 12. The molecular weight excluding hydrogens is 504 g/mol. The molecule has 0 aliphatic carbocycles. The fourth-order valence-electron chi connectivity index (χ4n) is 2.17. The van der Waals surface area contributed by atoms with Crippen LogP contribution in [0.2, 0.25) is 7.96 Å². The molecule has 2 aliphatic rings. The predicted molar refractivity (Wildman–Crippen MR) is 103 cm³/mol. The molecule has 2 heterocycles. The fraction of sp³-hybridized carbons (Fsp3) is 1.00. The van der Waals surface area contributed by atoms with Crippen molar-refractivity contribution in [2.24, 2.45) is 0 Å². The van der Waals surface area contributed by atoms with Crippen molar-refractivity contribution < 1.29 is 0 Å². The van der Waals surface area contributed by atoms with Gasteiger partial charge in [-0.05, 0) is 0 Å². The minimum absolute atomic E-state index is 1.04. The summed E-state index contributed by atoms with van der Waals surface area (Å²) >= 11 is 2.33. The second-order valence-corrected chi connectivity index (χ2v) is 43.2. The van der Waals surface area contributed by atoms with Gasteiger partial charge in [-0.15, -0.1) is 0 Å². The maximum absolute atomic E-state index is 2.54. The summed E-state index contributed by atoms with van der Waals surface area (Å²) in [6.45, 7) is 4.75. The SMILES string of the molecule is CCC[CH2][Pb]([CH2]CCC)([S]CC1CS1)[S]CC1CS1. The van der Waals surface area contributed by atoms with Crippen LogP contribution >= 0.6 is 40.1 Å². The van der Waals surface area contributed by atoms with E-state index in [4.69, 9.17) is 0 Å². The quantitative estimate of drug-likeness (QED) is 0.233. The maximum atomic E-state index is 2.54. The van der Waals surface area contributed by atoms with Crippen LogP contribution in [0.15, 0.2) is 0 Å². The van der Waals surface area contributed by atoms with Gasteiger partial charge in [0, 0.05) is 0 Å². The Morgan fingerprint density at radius 1 is 0.895 bits per heavy atom. The molecule has 0 radical (unpaired) electrons. The van der Waals surface area contributed by atoms with Crippen LogP contribution in [0.1, 0.15) is 39.5 Å². The Balaban J connectivity index is 1.85. The van der Waals surface area contributed by atoms with Gasteiger partial charge in [-0.3, -0.25) is 0 Å². The van der Waals surface area contributed by atoms with Gasteiger partial charge >= 0.3 is 139 Å². The van der Waals surface area contributed by atoms with Gasteiger partial charge in [0.15, 0.2) is 0 Å². The molecule has 0 nitrogen and oxygen atoms in total. The van der Waals surface area contributed by atoms with Gasteiger partial charge in [0.1, 0.15) is 0 Å². The summed E-state index contributed by atoms with van der Waals surface area (Å²) in [5.41, 5.74) is 0. The molecule has 0 N–H and O–H groups in total. The van der Waals surface area contributed by atoms with Gasteiger partial charge in [-0.2, -0.15) is 0 Å². The van der Waals surface area contributed by atoms with Crippen LogP contribution in [0, 0.1) is 0 Å². The van der Waals surface area contributed by atoms with E-state index in [0.717, 1.165) is 10.5 Å². The predicted octanol–water partition coefficient (Wildman–Crippen LogP) is 5.73. The summed E-state index contributed by atoms with van der Waals surface area (Å²) in [5, 5.41) is 2.09. The van der Waals surface area contributed by atoms with Gasteiger partial charge < -0.3 is 0 Å². The summed E-state index contributed by atoms with van der Waals surface area (Å²) in [5.74, 6) is 5.93. The van der Waals surface area contributed by atoms with Crippen molar-refractivity contribution >= 4 is 58.3 Å². The molecule has 2 fully saturated rings. The van der Waals surface area contributed by atoms with E-state index in [0.29, 0.717) is 0 Å². The Bertz CT molecular complexity index is 228. The Kier molecular flexibility index (Phi) is 8.80. The van der Waals surface area contributed by atoms with Crippen LogP contribution in [0.3, 0.4) is 0 Å². The van der Waals surface area contributed by atoms with Crippen LogP contribution in [-0.2, 0) is 0 Å². The first kappa shape index (κ1) is 17.7. The summed E-state index contributed by atoms with van der Waals surface area (Å²) in [7, 11) is 5.09. The molecule has 2 aliphatic heterocycles. The molecule has 0 bridgehead atoms. The summed E-state index contributed by atoms with van der Waals surface area (Å²) in [6.07, 6.45) is 5.85. The van der Waals surface area contributed by atoms with Crippen LogP contribution < -0.4 is 0 Å². The van der Waals surface area contributed by atoms with Gasteiger partial charge in [0.05, 0.1) is 0 Å². The van der Waals surface area contributed by atoms with Gasteiger partial charge in [-0.25, -0.2) is 0 Å². The zero-order valence-electron chi connectivity index (χ0n) is 12.4. The average molecular weight is 532 g/mol. The Labute approximate surface area is 138 Å². The first-order valence-corrected chi connectivity index (χ1v) is 26.9. The second kappa shape index (κ2) is 9.46. The van der Waals surface area contributed by atoms with Crippen LogP contribution in [0.25, 0.3) is 0 Å². The average Bonchev–Trinajstić information content (AvgIpc) is 3.29. The molecule has 2 atom stereocenters. The van der Waals surface area contributed by atoms with Crippen molar-refractivity contribution in [2.45, 2.75) is 58.0 Å². The first-order chi connectivity index (χ1) is 9.28. The zero-order chi connectivity index (χ0) is 13.6. The van der Waals surface area contributed by atoms with Crippen molar-refractivity contribution in [3.05, 3.63) is 0 Å². The van der Waals surface area contributed by atoms with Crippen LogP contribution in [0.5, 0.6) is 0 Å². The molecule has 0 saturated carbocycles. The fourth-order valence-corrected chi connectivity index (χ4v) is 47.1. The van der Waals surface area contributed by atoms with Crippen molar-refractivity contribution in [1.82, 2.24) is 0 Å². The number of thioether (sulfide) groups is 2. The number of unbranched alkanes of at least 4 members (excludes halogenated alkanes) is 2. The normalized spacial score (nSPS) is 25.6. The Hall–Kier alpha value is 2.32. The Morgan fingerprint density at radius 3 is 1.63 bits per heavy atom. The molecule has 0 aromatic rings. The van der Waals surface area contributed by atoms with E-state index in [1.165, 1.54) is 48.7 Å². The zero-order valence-corrected chi connectivity index (χ0v) is 19.5. The third-order valence-electron chi connectivity index (χ3n) is 3.69. The molecule has 0 spiro atoms. The van der Waals surface area contributed by atoms with E-state index < -0.39 is 18.2 Å². The van der Waals surface area contributed by atoms with E-state index in [-0.39, 0.29) is 0 Å². The third kappa shape index (κ3) is 7.42. The molecule has 2 saturated heterocycles. The molecular formula is C14H28PbS4. The van der Waals surface area contributed by atoms with Gasteiger partial charge in [-0.1, -0.05) is 0 Å². The van der Waals surface area contributed by atoms with E-state index >= 15 is 0 Å². The summed E-state index contributed by atoms with van der Waals surface area (Å²) < 4.78 is 3.32. The molecule has 0 amide bonds. The van der Waals surface area contributed by atoms with Crippen molar-refractivity contribution in [1.29, 1.82) is 0 Å². The molecule has 5 heteroatoms. The summed E-state index contributed by atoms with van der Waals surface area (Å²) in [6, 6.07) is 0. The van der Waals surface area contributed by atoms with E-state index in [2.05, 4.69) is 54.0 Å². The molecule has 0 aromatic heterocycles. The first-order valence-electron chi connectivity index (χ1n) is 7.79. The number of hydrogen-bond donors (Lipinski definition) is 0. The van der Waals surface area contributed by atoms with Crippen molar-refractivity contribution in [2.75, 3.05) is 23.0 Å². The number of hydrogen-bond acceptors (Lipinski definition) is 4. The molecule has 0 aromatic carbocycles. The van der Waals surface area contributed by atoms with Crippen molar-refractivity contribution in [3.63, 3.8) is 0 Å². The van der Waals surface area contributed by atoms with Crippen molar-refractivity contribution in [3.8, 4) is 0 Å². The third-order valence-corrected chi connectivity index (χ3v) is 46.4. The van der Waals surface area contributed by atoms with E-state index in [9.17, 15) is 0 Å². The standard InChI is InChI=1S/2C4H9.2C3H6S2.Pb/c2*1-3-4-2;2*4-1-3-2-5-3;/h2*1,3-4H2,2H3;2*3-4H,1-2H2;/q;;;;+2/p-2. The molecule has 19 heavy (non-hydrogen) atoms. The topological polar surface area (TPSA) is 0 Å². The van der Waals surface area contributed by atoms with Gasteiger partial charge in [0.25, 0.3) is 0 Å². The molecule has 2 unspecified atom stereocenters. The monoisotopic (exact) mass is 532 g/mol. The minimum atomic E-state index is -2.05. The van der Waals surface area contributed by atoms with E-state index in [1.54, 1.807) is 7.96 Å². The van der Waals surface area contributed by atoms with E-state index in [1.807, 2.05) is 0 Å². The second-order valence-electron chi connectivity index (χ2n) is 5.65. The van der Waals surface area contributed by atoms with Gasteiger partial charge in [0.2, 0.25) is 0 Å². The Morgan fingerprint density at radius 2 is 1.32 bits per heavy atom. The van der Waals surface area contributed by atoms with Crippen LogP contribution in [-0.4, -0.2) is 51.7 Å². The summed E-state index contributed by atoms with van der Waals surface area (Å²) in [4.78, 5) is 0. The molecule has 112 valence electrons. The molecule has 2 rings (SSSR count).